The van der Waals surface area contributed by atoms with Gasteiger partial charge in [0.1, 0.15) is 11.5 Å². The van der Waals surface area contributed by atoms with Crippen LogP contribution in [0, 0.1) is 46.7 Å². The molecule has 2 unspecified atom stereocenters. The minimum Gasteiger partial charge on any atom is -0.376 e. The van der Waals surface area contributed by atoms with E-state index >= 15 is 4.39 Å². The monoisotopic (exact) mass is 429 g/mol. The highest BCUT2D eigenvalue weighted by Gasteiger charge is 2.62. The average Bonchev–Trinajstić information content (AvgIpc) is 3.11. The Kier molecular flexibility index (Phi) is 5.42. The summed E-state index contributed by atoms with van der Waals surface area (Å²) in [6, 6.07) is 6.52. The van der Waals surface area contributed by atoms with E-state index in [2.05, 4.69) is 19.2 Å². The number of alkyl halides is 1. The molecule has 1 aromatic carbocycles. The molecule has 1 aromatic rings. The first-order valence-electron chi connectivity index (χ1n) is 12.5. The van der Waals surface area contributed by atoms with Gasteiger partial charge in [-0.1, -0.05) is 26.0 Å². The predicted octanol–water partition coefficient (Wildman–Crippen LogP) is 6.80. The topological polar surface area (TPSA) is 29.1 Å². The third kappa shape index (κ3) is 3.43. The van der Waals surface area contributed by atoms with Gasteiger partial charge in [-0.2, -0.15) is 0 Å². The van der Waals surface area contributed by atoms with Crippen LogP contribution >= 0.6 is 0 Å². The normalized spacial score (nSPS) is 44.1. The van der Waals surface area contributed by atoms with Gasteiger partial charge in [0.25, 0.3) is 0 Å². The first kappa shape index (κ1) is 21.4. The van der Waals surface area contributed by atoms with Gasteiger partial charge in [-0.15, -0.1) is 0 Å². The Morgan fingerprint density at radius 1 is 1.06 bits per heavy atom. The predicted molar refractivity (Wildman–Crippen MR) is 120 cm³/mol. The summed E-state index contributed by atoms with van der Waals surface area (Å²) in [6.45, 7) is 4.76. The van der Waals surface area contributed by atoms with E-state index in [9.17, 15) is 9.18 Å². The number of anilines is 1. The zero-order valence-corrected chi connectivity index (χ0v) is 19.0. The number of hydrogen-bond acceptors (Lipinski definition) is 2. The molecule has 1 N–H and O–H groups in total. The van der Waals surface area contributed by atoms with E-state index in [0.717, 1.165) is 57.8 Å². The molecule has 4 aliphatic rings. The largest absolute Gasteiger partial charge is 0.376 e. The first-order chi connectivity index (χ1) is 14.8. The van der Waals surface area contributed by atoms with E-state index in [1.54, 1.807) is 18.2 Å². The molecule has 0 spiro atoms. The lowest BCUT2D eigenvalue weighted by Crippen LogP contribution is -2.56. The molecule has 31 heavy (non-hydrogen) atoms. The summed E-state index contributed by atoms with van der Waals surface area (Å²) in [5.41, 5.74) is -0.602. The van der Waals surface area contributed by atoms with E-state index < -0.39 is 5.67 Å². The van der Waals surface area contributed by atoms with Crippen LogP contribution in [0.1, 0.15) is 71.6 Å². The summed E-state index contributed by atoms with van der Waals surface area (Å²) in [5.74, 6) is 1.90. The number of carbonyl (C=O) groups is 1. The van der Waals surface area contributed by atoms with Crippen LogP contribution < -0.4 is 5.32 Å². The highest BCUT2D eigenvalue weighted by molar-refractivity contribution is 5.86. The number of Topliss-reactive ketones (excluding diaryl/α,β-unsaturated/α-hetero) is 1. The first-order valence-corrected chi connectivity index (χ1v) is 12.5. The maximum atomic E-state index is 16.4. The highest BCUT2D eigenvalue weighted by Crippen LogP contribution is 2.66. The zero-order chi connectivity index (χ0) is 21.8. The fourth-order valence-electron chi connectivity index (χ4n) is 8.44. The van der Waals surface area contributed by atoms with Crippen LogP contribution in [0.2, 0.25) is 0 Å². The summed E-state index contributed by atoms with van der Waals surface area (Å²) < 4.78 is 30.3. The lowest BCUT2D eigenvalue weighted by Gasteiger charge is -2.58. The van der Waals surface area contributed by atoms with Crippen molar-refractivity contribution >= 4 is 11.5 Å². The number of halogens is 2. The molecule has 5 rings (SSSR count). The van der Waals surface area contributed by atoms with Crippen LogP contribution in [-0.4, -0.2) is 18.0 Å². The van der Waals surface area contributed by atoms with Crippen molar-refractivity contribution in [1.82, 2.24) is 0 Å². The maximum absolute atomic E-state index is 16.4. The smallest absolute Gasteiger partial charge is 0.155 e. The number of carbonyl (C=O) groups excluding carboxylic acids is 1. The molecule has 0 aliphatic heterocycles. The van der Waals surface area contributed by atoms with E-state index in [0.29, 0.717) is 23.4 Å². The number of hydrogen-bond donors (Lipinski definition) is 1. The molecular weight excluding hydrogens is 392 g/mol. The minimum absolute atomic E-state index is 0.0115. The number of ketones is 1. The number of para-hydroxylation sites is 1. The Bertz CT molecular complexity index is 842. The second-order valence-corrected chi connectivity index (χ2v) is 11.4. The van der Waals surface area contributed by atoms with Crippen LogP contribution in [0.25, 0.3) is 0 Å². The van der Waals surface area contributed by atoms with Crippen LogP contribution in [0.3, 0.4) is 0 Å². The summed E-state index contributed by atoms with van der Waals surface area (Å²) in [4.78, 5) is 13.2. The third-order valence-corrected chi connectivity index (χ3v) is 10.0. The number of benzene rings is 1. The lowest BCUT2D eigenvalue weighted by molar-refractivity contribution is -0.145. The molecule has 0 aromatic heterocycles. The van der Waals surface area contributed by atoms with Crippen LogP contribution in [0.4, 0.5) is 14.5 Å². The van der Waals surface area contributed by atoms with Gasteiger partial charge in [-0.25, -0.2) is 8.78 Å². The van der Waals surface area contributed by atoms with E-state index in [1.165, 1.54) is 6.07 Å². The summed E-state index contributed by atoms with van der Waals surface area (Å²) in [7, 11) is 0. The molecule has 4 fully saturated rings. The summed E-state index contributed by atoms with van der Waals surface area (Å²) >= 11 is 0. The van der Waals surface area contributed by atoms with E-state index in [1.807, 2.05) is 0 Å². The van der Waals surface area contributed by atoms with Crippen molar-refractivity contribution in [2.45, 2.75) is 77.3 Å². The molecule has 170 valence electrons. The Hall–Kier alpha value is -1.45. The molecule has 0 heterocycles. The molecule has 0 saturated heterocycles. The number of nitrogens with one attached hydrogen (secondary N) is 1. The quantitative estimate of drug-likeness (QED) is 0.570. The molecule has 2 nitrogen and oxygen atoms in total. The van der Waals surface area contributed by atoms with Crippen LogP contribution in [0.5, 0.6) is 0 Å². The van der Waals surface area contributed by atoms with Gasteiger partial charge in [-0.3, -0.25) is 4.79 Å². The van der Waals surface area contributed by atoms with Crippen LogP contribution in [0.15, 0.2) is 24.3 Å². The van der Waals surface area contributed by atoms with Crippen molar-refractivity contribution < 1.29 is 13.6 Å². The highest BCUT2D eigenvalue weighted by atomic mass is 19.1. The van der Waals surface area contributed by atoms with E-state index in [-0.39, 0.29) is 41.3 Å². The van der Waals surface area contributed by atoms with Crippen molar-refractivity contribution in [2.24, 2.45) is 40.9 Å². The third-order valence-electron chi connectivity index (χ3n) is 10.0. The molecule has 0 amide bonds. The molecule has 4 aliphatic carbocycles. The summed E-state index contributed by atoms with van der Waals surface area (Å²) in [6.07, 6.45) is 8.85. The number of fused-ring (bicyclic) bond motifs is 5. The summed E-state index contributed by atoms with van der Waals surface area (Å²) in [5, 5.41) is 3.02. The zero-order valence-electron chi connectivity index (χ0n) is 19.0. The van der Waals surface area contributed by atoms with Crippen molar-refractivity contribution in [3.63, 3.8) is 0 Å². The Morgan fingerprint density at radius 3 is 2.68 bits per heavy atom. The molecule has 4 heteroatoms. The molecule has 0 bridgehead atoms. The molecular formula is C27H37F2NO. The Balaban J connectivity index is 1.30. The molecule has 4 saturated carbocycles. The standard InChI is InChI=1S/C27H37F2NO/c1-17-11-14-27(29)18(15-17)7-8-19-20-9-10-22(26(20,2)13-12-21(19)27)25(31)16-30-24-6-4-3-5-23(24)28/h3-6,17-22,30H,7-16H2,1-2H3/t17-,18+,19-,20?,21?,22+,26-,27+/m0/s1. The molecule has 0 radical (unpaired) electrons. The van der Waals surface area contributed by atoms with Gasteiger partial charge in [0.2, 0.25) is 0 Å². The van der Waals surface area contributed by atoms with Crippen LogP contribution in [-0.2, 0) is 4.79 Å². The average molecular weight is 430 g/mol. The Labute approximate surface area is 185 Å². The van der Waals surface area contributed by atoms with E-state index in [4.69, 9.17) is 0 Å². The van der Waals surface area contributed by atoms with Crippen molar-refractivity contribution in [2.75, 3.05) is 11.9 Å². The minimum atomic E-state index is -0.967. The fraction of sp³-hybridized carbons (Fsp3) is 0.741. The van der Waals surface area contributed by atoms with Crippen molar-refractivity contribution in [3.05, 3.63) is 30.1 Å². The van der Waals surface area contributed by atoms with Gasteiger partial charge < -0.3 is 5.32 Å². The van der Waals surface area contributed by atoms with Crippen molar-refractivity contribution in [1.29, 1.82) is 0 Å². The lowest BCUT2D eigenvalue weighted by atomic mass is 9.48. The fourth-order valence-corrected chi connectivity index (χ4v) is 8.44. The maximum Gasteiger partial charge on any atom is 0.155 e. The SMILES string of the molecule is C[C@H]1CC[C@]2(F)C3CC[C@@]4(C)C(CC[C@@H]4C(=O)CNc4ccccc4F)[C@@H]3CC[C@@H]2C1. The van der Waals surface area contributed by atoms with Gasteiger partial charge in [0.15, 0.2) is 5.78 Å². The van der Waals surface area contributed by atoms with Gasteiger partial charge in [0.05, 0.1) is 12.2 Å². The second-order valence-electron chi connectivity index (χ2n) is 11.4. The Morgan fingerprint density at radius 2 is 1.87 bits per heavy atom. The second kappa shape index (κ2) is 7.85. The number of rotatable bonds is 4. The molecule has 8 atom stereocenters. The van der Waals surface area contributed by atoms with Gasteiger partial charge in [0, 0.05) is 5.92 Å². The van der Waals surface area contributed by atoms with Crippen molar-refractivity contribution in [3.8, 4) is 0 Å². The van der Waals surface area contributed by atoms with Gasteiger partial charge in [-0.05, 0) is 105 Å². The van der Waals surface area contributed by atoms with Gasteiger partial charge >= 0.3 is 0 Å².